The van der Waals surface area contributed by atoms with Crippen LogP contribution in [0.1, 0.15) is 36.8 Å². The summed E-state index contributed by atoms with van der Waals surface area (Å²) < 4.78 is 14.0. The van der Waals surface area contributed by atoms with E-state index in [4.69, 9.17) is 0 Å². The van der Waals surface area contributed by atoms with Crippen LogP contribution >= 0.6 is 0 Å². The van der Waals surface area contributed by atoms with Gasteiger partial charge >= 0.3 is 0 Å². The van der Waals surface area contributed by atoms with Gasteiger partial charge in [-0.3, -0.25) is 14.7 Å². The van der Waals surface area contributed by atoms with Crippen molar-refractivity contribution in [3.8, 4) is 0 Å². The van der Waals surface area contributed by atoms with Crippen LogP contribution in [0, 0.1) is 11.2 Å². The van der Waals surface area contributed by atoms with Crippen molar-refractivity contribution in [2.24, 2.45) is 5.41 Å². The van der Waals surface area contributed by atoms with Crippen molar-refractivity contribution in [1.29, 1.82) is 0 Å². The van der Waals surface area contributed by atoms with E-state index in [0.717, 1.165) is 18.4 Å². The van der Waals surface area contributed by atoms with Crippen molar-refractivity contribution < 1.29 is 14.0 Å². The summed E-state index contributed by atoms with van der Waals surface area (Å²) in [7, 11) is 0. The molecule has 2 saturated heterocycles. The average molecular weight is 384 g/mol. The molecule has 0 aliphatic carbocycles. The molecule has 3 heterocycles. The van der Waals surface area contributed by atoms with Gasteiger partial charge in [-0.2, -0.15) is 5.10 Å². The van der Waals surface area contributed by atoms with Gasteiger partial charge < -0.3 is 9.80 Å². The summed E-state index contributed by atoms with van der Waals surface area (Å²) in [6, 6.07) is 6.60. The molecular formula is C21H25FN4O2. The molecule has 1 aromatic carbocycles. The minimum Gasteiger partial charge on any atom is -0.342 e. The highest BCUT2D eigenvalue weighted by atomic mass is 19.1. The Kier molecular flexibility index (Phi) is 5.15. The molecule has 2 aliphatic heterocycles. The van der Waals surface area contributed by atoms with Crippen LogP contribution in [0.4, 0.5) is 4.39 Å². The van der Waals surface area contributed by atoms with E-state index in [1.54, 1.807) is 35.5 Å². The van der Waals surface area contributed by atoms with Crippen molar-refractivity contribution in [1.82, 2.24) is 20.0 Å². The Labute approximate surface area is 163 Å². The molecule has 148 valence electrons. The van der Waals surface area contributed by atoms with E-state index in [1.807, 2.05) is 4.90 Å². The summed E-state index contributed by atoms with van der Waals surface area (Å²) in [5.41, 5.74) is 1.04. The number of hydrogen-bond donors (Lipinski definition) is 1. The number of amides is 2. The summed E-state index contributed by atoms with van der Waals surface area (Å²) in [4.78, 5) is 29.4. The second-order valence-electron chi connectivity index (χ2n) is 7.87. The average Bonchev–Trinajstić information content (AvgIpc) is 3.36. The van der Waals surface area contributed by atoms with Gasteiger partial charge in [0.2, 0.25) is 11.8 Å². The van der Waals surface area contributed by atoms with Gasteiger partial charge in [0, 0.05) is 44.4 Å². The second-order valence-corrected chi connectivity index (χ2v) is 7.87. The van der Waals surface area contributed by atoms with Gasteiger partial charge in [-0.1, -0.05) is 18.2 Å². The molecule has 1 unspecified atom stereocenters. The number of benzene rings is 1. The first-order chi connectivity index (χ1) is 13.6. The number of aromatic nitrogens is 2. The monoisotopic (exact) mass is 384 g/mol. The Morgan fingerprint density at radius 2 is 2.11 bits per heavy atom. The zero-order chi connectivity index (χ0) is 19.6. The number of carbonyl (C=O) groups is 2. The first-order valence-corrected chi connectivity index (χ1v) is 9.86. The van der Waals surface area contributed by atoms with Crippen LogP contribution in [-0.2, 0) is 22.6 Å². The van der Waals surface area contributed by atoms with Crippen LogP contribution in [-0.4, -0.2) is 51.4 Å². The second kappa shape index (κ2) is 7.73. The first-order valence-electron chi connectivity index (χ1n) is 9.86. The van der Waals surface area contributed by atoms with Gasteiger partial charge in [0.05, 0.1) is 11.6 Å². The van der Waals surface area contributed by atoms with Gasteiger partial charge in [0.1, 0.15) is 5.82 Å². The lowest BCUT2D eigenvalue weighted by Gasteiger charge is -2.39. The van der Waals surface area contributed by atoms with E-state index >= 15 is 0 Å². The minimum absolute atomic E-state index is 0.0622. The van der Waals surface area contributed by atoms with Gasteiger partial charge in [-0.05, 0) is 37.3 Å². The third-order valence-electron chi connectivity index (χ3n) is 6.03. The lowest BCUT2D eigenvalue weighted by molar-refractivity contribution is -0.146. The summed E-state index contributed by atoms with van der Waals surface area (Å²) in [5, 5.41) is 6.65. The summed E-state index contributed by atoms with van der Waals surface area (Å²) in [6.07, 6.45) is 6.96. The third kappa shape index (κ3) is 3.66. The fraction of sp³-hybridized carbons (Fsp3) is 0.476. The van der Waals surface area contributed by atoms with Crippen molar-refractivity contribution in [3.05, 3.63) is 53.6 Å². The molecular weight excluding hydrogens is 359 g/mol. The Morgan fingerprint density at radius 3 is 2.89 bits per heavy atom. The van der Waals surface area contributed by atoms with Crippen molar-refractivity contribution in [3.63, 3.8) is 0 Å². The maximum absolute atomic E-state index is 14.0. The Morgan fingerprint density at radius 1 is 1.25 bits per heavy atom. The third-order valence-corrected chi connectivity index (χ3v) is 6.03. The molecule has 1 aromatic heterocycles. The quantitative estimate of drug-likeness (QED) is 0.861. The fourth-order valence-electron chi connectivity index (χ4n) is 4.42. The lowest BCUT2D eigenvalue weighted by Crippen LogP contribution is -2.50. The number of piperidine rings is 1. The maximum Gasteiger partial charge on any atom is 0.230 e. The van der Waals surface area contributed by atoms with Crippen LogP contribution in [0.5, 0.6) is 0 Å². The van der Waals surface area contributed by atoms with Crippen molar-refractivity contribution in [2.45, 2.75) is 38.6 Å². The molecule has 1 spiro atoms. The molecule has 6 nitrogen and oxygen atoms in total. The standard InChI is InChI=1S/C21H25FN4O2/c22-18-5-2-1-4-17(18)14-25-10-3-8-21(20(25)28)9-11-26(15-21)19(27)7-6-16-12-23-24-13-16/h1-2,4-5,12-13H,3,6-11,14-15H2,(H,23,24). The van der Waals surface area contributed by atoms with E-state index in [9.17, 15) is 14.0 Å². The number of aryl methyl sites for hydroxylation is 1. The van der Waals surface area contributed by atoms with E-state index in [0.29, 0.717) is 51.0 Å². The molecule has 2 amide bonds. The van der Waals surface area contributed by atoms with Crippen LogP contribution in [0.2, 0.25) is 0 Å². The number of H-pyrrole nitrogens is 1. The molecule has 0 radical (unpaired) electrons. The predicted octanol–water partition coefficient (Wildman–Crippen LogP) is 2.52. The highest BCUT2D eigenvalue weighted by Crippen LogP contribution is 2.40. The number of carbonyl (C=O) groups excluding carboxylic acids is 2. The number of rotatable bonds is 5. The van der Waals surface area contributed by atoms with Gasteiger partial charge in [0.25, 0.3) is 0 Å². The maximum atomic E-state index is 14.0. The van der Waals surface area contributed by atoms with Gasteiger partial charge in [-0.15, -0.1) is 0 Å². The number of hydrogen-bond acceptors (Lipinski definition) is 3. The number of nitrogens with one attached hydrogen (secondary N) is 1. The molecule has 28 heavy (non-hydrogen) atoms. The number of halogens is 1. The van der Waals surface area contributed by atoms with Gasteiger partial charge in [0.15, 0.2) is 0 Å². The van der Waals surface area contributed by atoms with E-state index < -0.39 is 5.41 Å². The summed E-state index contributed by atoms with van der Waals surface area (Å²) >= 11 is 0. The first kappa shape index (κ1) is 18.7. The number of aromatic amines is 1. The van der Waals surface area contributed by atoms with Gasteiger partial charge in [-0.25, -0.2) is 4.39 Å². The largest absolute Gasteiger partial charge is 0.342 e. The zero-order valence-corrected chi connectivity index (χ0v) is 15.9. The van der Waals surface area contributed by atoms with E-state index in [-0.39, 0.29) is 17.6 Å². The molecule has 2 aromatic rings. The van der Waals surface area contributed by atoms with Crippen LogP contribution in [0.3, 0.4) is 0 Å². The topological polar surface area (TPSA) is 69.3 Å². The molecule has 0 bridgehead atoms. The molecule has 2 aliphatic rings. The van der Waals surface area contributed by atoms with Crippen LogP contribution in [0.25, 0.3) is 0 Å². The molecule has 4 rings (SSSR count). The fourth-order valence-corrected chi connectivity index (χ4v) is 4.42. The molecule has 0 saturated carbocycles. The van der Waals surface area contributed by atoms with E-state index in [2.05, 4.69) is 10.2 Å². The number of nitrogens with zero attached hydrogens (tertiary/aromatic N) is 3. The van der Waals surface area contributed by atoms with Crippen molar-refractivity contribution in [2.75, 3.05) is 19.6 Å². The summed E-state index contributed by atoms with van der Waals surface area (Å²) in [6.45, 7) is 2.03. The Hall–Kier alpha value is -2.70. The normalized spacial score (nSPS) is 22.2. The minimum atomic E-state index is -0.505. The SMILES string of the molecule is O=C(CCc1cn[nH]c1)N1CCC2(CCCN(Cc3ccccc3F)C2=O)C1. The lowest BCUT2D eigenvalue weighted by atomic mass is 9.78. The molecule has 7 heteroatoms. The van der Waals surface area contributed by atoms with Crippen LogP contribution in [0.15, 0.2) is 36.7 Å². The molecule has 1 N–H and O–H groups in total. The van der Waals surface area contributed by atoms with Crippen LogP contribution < -0.4 is 0 Å². The molecule has 2 fully saturated rings. The Bertz CT molecular complexity index is 854. The molecule has 1 atom stereocenters. The summed E-state index contributed by atoms with van der Waals surface area (Å²) in [5.74, 6) is -0.137. The highest BCUT2D eigenvalue weighted by molar-refractivity contribution is 5.86. The zero-order valence-electron chi connectivity index (χ0n) is 15.9. The smallest absolute Gasteiger partial charge is 0.230 e. The van der Waals surface area contributed by atoms with E-state index in [1.165, 1.54) is 6.07 Å². The number of likely N-dealkylation sites (tertiary alicyclic amines) is 2. The Balaban J connectivity index is 1.39. The highest BCUT2D eigenvalue weighted by Gasteiger charge is 2.49. The predicted molar refractivity (Wildman–Crippen MR) is 102 cm³/mol. The van der Waals surface area contributed by atoms with Crippen molar-refractivity contribution >= 4 is 11.8 Å².